The molecule has 1 saturated carbocycles. The highest BCUT2D eigenvalue weighted by Crippen LogP contribution is 2.41. The number of hydrogen-bond donors (Lipinski definition) is 0. The van der Waals surface area contributed by atoms with E-state index in [0.29, 0.717) is 18.1 Å². The Kier molecular flexibility index (Phi) is 4.90. The van der Waals surface area contributed by atoms with Gasteiger partial charge in [0.25, 0.3) is 0 Å². The molecule has 0 N–H and O–H groups in total. The van der Waals surface area contributed by atoms with Crippen molar-refractivity contribution in [1.82, 2.24) is 0 Å². The van der Waals surface area contributed by atoms with E-state index < -0.39 is 0 Å². The number of unbranched alkanes of at least 4 members (excludes halogenated alkanes) is 1. The first-order valence-electron chi connectivity index (χ1n) is 7.73. The van der Waals surface area contributed by atoms with Gasteiger partial charge in [0.15, 0.2) is 0 Å². The Labute approximate surface area is 115 Å². The Morgan fingerprint density at radius 1 is 1.28 bits per heavy atom. The summed E-state index contributed by atoms with van der Waals surface area (Å²) in [6.45, 7) is 6.80. The number of ether oxygens (including phenoxy) is 1. The Hall–Kier alpha value is 0.137. The quantitative estimate of drug-likeness (QED) is 0.403. The van der Waals surface area contributed by atoms with Crippen molar-refractivity contribution < 1.29 is 9.16 Å². The van der Waals surface area contributed by atoms with Crippen molar-refractivity contribution in [1.29, 1.82) is 0 Å². The minimum absolute atomic E-state index is 0.0894. The van der Waals surface area contributed by atoms with Crippen LogP contribution in [0.15, 0.2) is 0 Å². The van der Waals surface area contributed by atoms with Gasteiger partial charge in [-0.25, -0.2) is 0 Å². The second-order valence-corrected chi connectivity index (χ2v) is 7.29. The molecule has 2 aliphatic rings. The minimum Gasteiger partial charge on any atom is -0.423 e. The zero-order valence-corrected chi connectivity index (χ0v) is 14.6. The van der Waals surface area contributed by atoms with Gasteiger partial charge in [0.05, 0.1) is 17.8 Å². The lowest BCUT2D eigenvalue weighted by Crippen LogP contribution is -2.31. The number of hydrogen-bond acceptors (Lipinski definition) is 2. The maximum atomic E-state index is 5.69. The van der Waals surface area contributed by atoms with Crippen LogP contribution >= 0.6 is 0 Å². The highest BCUT2D eigenvalue weighted by molar-refractivity contribution is 5.98. The van der Waals surface area contributed by atoms with E-state index in [1.165, 1.54) is 44.9 Å². The normalized spacial score (nSPS) is 33.2. The lowest BCUT2D eigenvalue weighted by Gasteiger charge is -2.31. The van der Waals surface area contributed by atoms with Crippen LogP contribution in [0.4, 0.5) is 0 Å². The average molecular weight is 270 g/mol. The summed E-state index contributed by atoms with van der Waals surface area (Å²) in [7, 11) is 0.849. The van der Waals surface area contributed by atoms with Crippen molar-refractivity contribution in [3.05, 3.63) is 0 Å². The van der Waals surface area contributed by atoms with Gasteiger partial charge in [-0.15, -0.1) is 0 Å². The molecule has 0 amide bonds. The van der Waals surface area contributed by atoms with Crippen molar-refractivity contribution >= 4 is 10.5 Å². The summed E-state index contributed by atoms with van der Waals surface area (Å²) in [6, 6.07) is 0. The molecule has 0 aromatic rings. The SMILES string of the molecule is CC(CCCCC1CCC2OC2C1)C(C)(C)O[SiH3]. The molecule has 4 unspecified atom stereocenters. The molecule has 0 spiro atoms. The summed E-state index contributed by atoms with van der Waals surface area (Å²) < 4.78 is 11.3. The van der Waals surface area contributed by atoms with Gasteiger partial charge < -0.3 is 9.16 Å². The standard InChI is InChI=1S/C15H30O2Si/c1-11(15(2,3)17-18)6-4-5-7-12-8-9-13-14(10-12)16-13/h11-14H,4-10H2,1-3,18H3. The average Bonchev–Trinajstić information content (AvgIpc) is 3.12. The van der Waals surface area contributed by atoms with Crippen LogP contribution in [0.3, 0.4) is 0 Å². The summed E-state index contributed by atoms with van der Waals surface area (Å²) in [5.74, 6) is 1.63. The Morgan fingerprint density at radius 3 is 2.72 bits per heavy atom. The number of rotatable bonds is 7. The molecule has 2 rings (SSSR count). The van der Waals surface area contributed by atoms with Crippen LogP contribution in [0.1, 0.15) is 65.7 Å². The zero-order chi connectivity index (χ0) is 13.2. The molecule has 3 heteroatoms. The van der Waals surface area contributed by atoms with Gasteiger partial charge in [0.2, 0.25) is 0 Å². The lowest BCUT2D eigenvalue weighted by molar-refractivity contribution is 0.0560. The van der Waals surface area contributed by atoms with Gasteiger partial charge in [-0.3, -0.25) is 0 Å². The molecule has 0 aromatic carbocycles. The Morgan fingerprint density at radius 2 is 2.06 bits per heavy atom. The van der Waals surface area contributed by atoms with Crippen LogP contribution in [0, 0.1) is 11.8 Å². The lowest BCUT2D eigenvalue weighted by atomic mass is 9.84. The van der Waals surface area contributed by atoms with Crippen molar-refractivity contribution in [2.45, 2.75) is 83.5 Å². The molecule has 18 heavy (non-hydrogen) atoms. The summed E-state index contributed by atoms with van der Waals surface area (Å²) in [5.41, 5.74) is 0.0894. The molecule has 1 heterocycles. The first-order valence-corrected chi connectivity index (χ1v) is 8.55. The monoisotopic (exact) mass is 270 g/mol. The van der Waals surface area contributed by atoms with E-state index >= 15 is 0 Å². The molecule has 1 aliphatic heterocycles. The van der Waals surface area contributed by atoms with Gasteiger partial charge >= 0.3 is 0 Å². The molecule has 106 valence electrons. The van der Waals surface area contributed by atoms with E-state index in [4.69, 9.17) is 9.16 Å². The summed E-state index contributed by atoms with van der Waals surface area (Å²) in [5, 5.41) is 0. The highest BCUT2D eigenvalue weighted by Gasteiger charge is 2.43. The molecule has 2 fully saturated rings. The van der Waals surface area contributed by atoms with Gasteiger partial charge in [0.1, 0.15) is 10.5 Å². The third-order valence-corrected chi connectivity index (χ3v) is 6.38. The largest absolute Gasteiger partial charge is 0.423 e. The minimum atomic E-state index is 0.0894. The van der Waals surface area contributed by atoms with Crippen LogP contribution in [0.2, 0.25) is 0 Å². The van der Waals surface area contributed by atoms with E-state index in [1.54, 1.807) is 0 Å². The molecular weight excluding hydrogens is 240 g/mol. The Bertz CT molecular complexity index is 267. The molecule has 4 atom stereocenters. The number of epoxide rings is 1. The summed E-state index contributed by atoms with van der Waals surface area (Å²) in [6.07, 6.45) is 10.9. The van der Waals surface area contributed by atoms with Gasteiger partial charge in [0, 0.05) is 0 Å². The van der Waals surface area contributed by atoms with Crippen LogP contribution in [-0.2, 0) is 9.16 Å². The fraction of sp³-hybridized carbons (Fsp3) is 1.00. The second kappa shape index (κ2) is 6.06. The van der Waals surface area contributed by atoms with Gasteiger partial charge in [-0.1, -0.05) is 26.2 Å². The predicted molar refractivity (Wildman–Crippen MR) is 78.7 cm³/mol. The van der Waals surface area contributed by atoms with E-state index in [1.807, 2.05) is 0 Å². The maximum Gasteiger partial charge on any atom is 0.146 e. The molecule has 0 aromatic heterocycles. The maximum absolute atomic E-state index is 5.69. The Balaban J connectivity index is 1.55. The fourth-order valence-corrected chi connectivity index (χ4v) is 3.58. The van der Waals surface area contributed by atoms with Gasteiger partial charge in [-0.2, -0.15) is 0 Å². The van der Waals surface area contributed by atoms with E-state index in [-0.39, 0.29) is 5.60 Å². The third-order valence-electron chi connectivity index (χ3n) is 5.33. The first-order chi connectivity index (χ1) is 8.53. The molecule has 1 saturated heterocycles. The molecular formula is C15H30O2Si. The van der Waals surface area contributed by atoms with Crippen molar-refractivity contribution in [2.24, 2.45) is 11.8 Å². The van der Waals surface area contributed by atoms with Crippen LogP contribution in [0.5, 0.6) is 0 Å². The highest BCUT2D eigenvalue weighted by atomic mass is 28.2. The van der Waals surface area contributed by atoms with Crippen molar-refractivity contribution in [3.63, 3.8) is 0 Å². The van der Waals surface area contributed by atoms with Crippen molar-refractivity contribution in [3.8, 4) is 0 Å². The smallest absolute Gasteiger partial charge is 0.146 e. The van der Waals surface area contributed by atoms with Crippen LogP contribution < -0.4 is 0 Å². The molecule has 1 aliphatic carbocycles. The molecule has 2 nitrogen and oxygen atoms in total. The fourth-order valence-electron chi connectivity index (χ4n) is 3.18. The summed E-state index contributed by atoms with van der Waals surface area (Å²) in [4.78, 5) is 0. The van der Waals surface area contributed by atoms with E-state index in [2.05, 4.69) is 20.8 Å². The van der Waals surface area contributed by atoms with Crippen molar-refractivity contribution in [2.75, 3.05) is 0 Å². The van der Waals surface area contributed by atoms with Gasteiger partial charge in [-0.05, 0) is 51.4 Å². The predicted octanol–water partition coefficient (Wildman–Crippen LogP) is 2.83. The first kappa shape index (κ1) is 14.5. The zero-order valence-electron chi connectivity index (χ0n) is 12.6. The topological polar surface area (TPSA) is 21.8 Å². The number of fused-ring (bicyclic) bond motifs is 1. The van der Waals surface area contributed by atoms with Crippen LogP contribution in [-0.4, -0.2) is 28.3 Å². The van der Waals surface area contributed by atoms with E-state index in [9.17, 15) is 0 Å². The second-order valence-electron chi connectivity index (χ2n) is 6.89. The molecule has 0 bridgehead atoms. The summed E-state index contributed by atoms with van der Waals surface area (Å²) >= 11 is 0. The third kappa shape index (κ3) is 3.81. The van der Waals surface area contributed by atoms with E-state index in [0.717, 1.165) is 16.4 Å². The van der Waals surface area contributed by atoms with Crippen LogP contribution in [0.25, 0.3) is 0 Å². The molecule has 0 radical (unpaired) electrons.